The predicted molar refractivity (Wildman–Crippen MR) is 84.1 cm³/mol. The molecule has 3 rings (SSSR count). The number of nitrogens with two attached hydrogens (primary N) is 1. The van der Waals surface area contributed by atoms with E-state index in [-0.39, 0.29) is 17.9 Å². The van der Waals surface area contributed by atoms with Gasteiger partial charge in [-0.1, -0.05) is 24.3 Å². The average Bonchev–Trinajstić information content (AvgIpc) is 3.02. The number of hydrogen-bond acceptors (Lipinski definition) is 4. The van der Waals surface area contributed by atoms with Crippen LogP contribution in [0, 0.1) is 0 Å². The van der Waals surface area contributed by atoms with E-state index in [4.69, 9.17) is 5.73 Å². The molecule has 0 fully saturated rings. The van der Waals surface area contributed by atoms with Gasteiger partial charge >= 0.3 is 0 Å². The number of fused-ring (bicyclic) bond motifs is 1. The minimum absolute atomic E-state index is 0.0217. The van der Waals surface area contributed by atoms with Gasteiger partial charge in [-0.25, -0.2) is 17.2 Å². The number of sulfonamides is 1. The van der Waals surface area contributed by atoms with Gasteiger partial charge in [0.2, 0.25) is 15.9 Å². The van der Waals surface area contributed by atoms with Gasteiger partial charge in [0.1, 0.15) is 17.5 Å². The van der Waals surface area contributed by atoms with Gasteiger partial charge in [-0.05, 0) is 17.5 Å². The van der Waals surface area contributed by atoms with Gasteiger partial charge in [0, 0.05) is 12.7 Å². The van der Waals surface area contributed by atoms with Crippen molar-refractivity contribution < 1.29 is 22.0 Å². The standard InChI is InChI=1S/C15H16F2N4O3S/c16-14(17)9-20-8-12(6-19-20)25(23,24)21-7-11-4-2-1-3-10(11)5-13(21)15(18)22/h1-4,6,8,13-14H,5,7,9H2,(H2,18,22)/t13-/m0/s1. The van der Waals surface area contributed by atoms with Crippen LogP contribution in [0.3, 0.4) is 0 Å². The number of rotatable bonds is 5. The van der Waals surface area contributed by atoms with Crippen LogP contribution in [0.5, 0.6) is 0 Å². The molecule has 25 heavy (non-hydrogen) atoms. The van der Waals surface area contributed by atoms with Gasteiger partial charge in [-0.15, -0.1) is 0 Å². The molecule has 0 bridgehead atoms. The lowest BCUT2D eigenvalue weighted by atomic mass is 9.96. The second-order valence-corrected chi connectivity index (χ2v) is 7.62. The van der Waals surface area contributed by atoms with Crippen molar-refractivity contribution in [2.24, 2.45) is 5.73 Å². The number of amides is 1. The molecule has 2 heterocycles. The van der Waals surface area contributed by atoms with Crippen molar-refractivity contribution in [1.29, 1.82) is 0 Å². The number of alkyl halides is 2. The highest BCUT2D eigenvalue weighted by molar-refractivity contribution is 7.89. The highest BCUT2D eigenvalue weighted by Gasteiger charge is 2.39. The van der Waals surface area contributed by atoms with Crippen LogP contribution < -0.4 is 5.73 Å². The molecular formula is C15H16F2N4O3S. The largest absolute Gasteiger partial charge is 0.368 e. The normalized spacial score (nSPS) is 18.3. The van der Waals surface area contributed by atoms with Crippen molar-refractivity contribution in [3.8, 4) is 0 Å². The molecule has 2 aromatic rings. The number of hydrogen-bond donors (Lipinski definition) is 1. The Morgan fingerprint density at radius 2 is 2.00 bits per heavy atom. The summed E-state index contributed by atoms with van der Waals surface area (Å²) in [7, 11) is -4.11. The molecule has 0 unspecified atom stereocenters. The first-order valence-corrected chi connectivity index (χ1v) is 8.91. The summed E-state index contributed by atoms with van der Waals surface area (Å²) >= 11 is 0. The topological polar surface area (TPSA) is 98.3 Å². The number of aromatic nitrogens is 2. The van der Waals surface area contributed by atoms with E-state index in [1.165, 1.54) is 0 Å². The first-order valence-electron chi connectivity index (χ1n) is 7.47. The van der Waals surface area contributed by atoms with E-state index >= 15 is 0 Å². The monoisotopic (exact) mass is 370 g/mol. The maximum atomic E-state index is 12.9. The Morgan fingerprint density at radius 3 is 2.64 bits per heavy atom. The van der Waals surface area contributed by atoms with Gasteiger partial charge in [0.15, 0.2) is 0 Å². The van der Waals surface area contributed by atoms with Crippen molar-refractivity contribution >= 4 is 15.9 Å². The van der Waals surface area contributed by atoms with Crippen LogP contribution in [-0.2, 0) is 34.3 Å². The summed E-state index contributed by atoms with van der Waals surface area (Å²) in [4.78, 5) is 11.5. The molecular weight excluding hydrogens is 354 g/mol. The Bertz CT molecular complexity index is 898. The third-order valence-electron chi connectivity index (χ3n) is 4.08. The zero-order valence-electron chi connectivity index (χ0n) is 13.0. The lowest BCUT2D eigenvalue weighted by Crippen LogP contribution is -2.50. The summed E-state index contributed by atoms with van der Waals surface area (Å²) in [5, 5.41) is 3.65. The Morgan fingerprint density at radius 1 is 1.32 bits per heavy atom. The fraction of sp³-hybridized carbons (Fsp3) is 0.333. The van der Waals surface area contributed by atoms with Crippen LogP contribution in [0.25, 0.3) is 0 Å². The Labute approximate surface area is 143 Å². The van der Waals surface area contributed by atoms with Crippen molar-refractivity contribution in [3.05, 3.63) is 47.8 Å². The van der Waals surface area contributed by atoms with Gasteiger partial charge in [-0.2, -0.15) is 9.40 Å². The Balaban J connectivity index is 1.97. The second-order valence-electron chi connectivity index (χ2n) is 5.73. The molecule has 0 radical (unpaired) electrons. The predicted octanol–water partition coefficient (Wildman–Crippen LogP) is 0.749. The van der Waals surface area contributed by atoms with E-state index in [2.05, 4.69) is 5.10 Å². The van der Waals surface area contributed by atoms with Crippen LogP contribution in [0.4, 0.5) is 8.78 Å². The summed E-state index contributed by atoms with van der Waals surface area (Å²) < 4.78 is 52.5. The molecule has 1 aromatic heterocycles. The molecule has 1 aliphatic rings. The van der Waals surface area contributed by atoms with Crippen LogP contribution in [-0.4, -0.2) is 40.9 Å². The van der Waals surface area contributed by atoms with Crippen molar-refractivity contribution in [3.63, 3.8) is 0 Å². The molecule has 1 amide bonds. The lowest BCUT2D eigenvalue weighted by Gasteiger charge is -2.33. The molecule has 0 saturated carbocycles. The second kappa shape index (κ2) is 6.52. The molecule has 1 aromatic carbocycles. The lowest BCUT2D eigenvalue weighted by molar-refractivity contribution is -0.122. The number of primary amides is 1. The zero-order valence-corrected chi connectivity index (χ0v) is 13.9. The highest BCUT2D eigenvalue weighted by Crippen LogP contribution is 2.28. The number of carbonyl (C=O) groups is 1. The first kappa shape index (κ1) is 17.5. The molecule has 7 nitrogen and oxygen atoms in total. The fourth-order valence-electron chi connectivity index (χ4n) is 2.85. The quantitative estimate of drug-likeness (QED) is 0.840. The third-order valence-corrected chi connectivity index (χ3v) is 5.88. The summed E-state index contributed by atoms with van der Waals surface area (Å²) in [6, 6.07) is 6.12. The van der Waals surface area contributed by atoms with Gasteiger partial charge in [-0.3, -0.25) is 9.48 Å². The van der Waals surface area contributed by atoms with Crippen LogP contribution >= 0.6 is 0 Å². The maximum Gasteiger partial charge on any atom is 0.257 e. The average molecular weight is 370 g/mol. The zero-order chi connectivity index (χ0) is 18.2. The molecule has 134 valence electrons. The van der Waals surface area contributed by atoms with E-state index in [1.54, 1.807) is 18.2 Å². The molecule has 0 saturated heterocycles. The van der Waals surface area contributed by atoms with Gasteiger partial charge in [0.25, 0.3) is 6.43 Å². The minimum atomic E-state index is -4.11. The molecule has 2 N–H and O–H groups in total. The van der Waals surface area contributed by atoms with E-state index in [0.717, 1.165) is 32.5 Å². The van der Waals surface area contributed by atoms with E-state index in [0.29, 0.717) is 0 Å². The van der Waals surface area contributed by atoms with Gasteiger partial charge in [0.05, 0.1) is 6.20 Å². The number of nitrogens with zero attached hydrogens (tertiary/aromatic N) is 3. The van der Waals surface area contributed by atoms with Crippen LogP contribution in [0.15, 0.2) is 41.6 Å². The SMILES string of the molecule is NC(=O)[C@@H]1Cc2ccccc2CN1S(=O)(=O)c1cnn(CC(F)F)c1. The number of carbonyl (C=O) groups excluding carboxylic acids is 1. The molecule has 10 heteroatoms. The van der Waals surface area contributed by atoms with E-state index in [1.807, 2.05) is 6.07 Å². The van der Waals surface area contributed by atoms with Crippen LogP contribution in [0.2, 0.25) is 0 Å². The molecule has 0 spiro atoms. The summed E-state index contributed by atoms with van der Waals surface area (Å²) in [6.07, 6.45) is -0.470. The van der Waals surface area contributed by atoms with Crippen molar-refractivity contribution in [2.45, 2.75) is 36.9 Å². The highest BCUT2D eigenvalue weighted by atomic mass is 32.2. The summed E-state index contributed by atoms with van der Waals surface area (Å²) in [6.45, 7) is -0.732. The first-order chi connectivity index (χ1) is 11.8. The summed E-state index contributed by atoms with van der Waals surface area (Å²) in [5.74, 6) is -0.766. The third kappa shape index (κ3) is 3.40. The summed E-state index contributed by atoms with van der Waals surface area (Å²) in [5.41, 5.74) is 7.02. The maximum absolute atomic E-state index is 12.9. The minimum Gasteiger partial charge on any atom is -0.368 e. The molecule has 1 atom stereocenters. The van der Waals surface area contributed by atoms with Crippen LogP contribution in [0.1, 0.15) is 11.1 Å². The Kier molecular flexibility index (Phi) is 4.56. The fourth-order valence-corrected chi connectivity index (χ4v) is 4.38. The Hall–Kier alpha value is -2.33. The van der Waals surface area contributed by atoms with E-state index in [9.17, 15) is 22.0 Å². The number of benzene rings is 1. The molecule has 1 aliphatic heterocycles. The smallest absolute Gasteiger partial charge is 0.257 e. The van der Waals surface area contributed by atoms with E-state index < -0.39 is 34.9 Å². The van der Waals surface area contributed by atoms with Crippen molar-refractivity contribution in [2.75, 3.05) is 0 Å². The van der Waals surface area contributed by atoms with Crippen molar-refractivity contribution in [1.82, 2.24) is 14.1 Å². The van der Waals surface area contributed by atoms with Gasteiger partial charge < -0.3 is 5.73 Å². The molecule has 0 aliphatic carbocycles. The number of halogens is 2.